The van der Waals surface area contributed by atoms with Crippen molar-refractivity contribution in [2.24, 2.45) is 0 Å². The number of anilines is 5. The van der Waals surface area contributed by atoms with E-state index in [0.29, 0.717) is 0 Å². The molecular weight excluding hydrogens is 629 g/mol. The fourth-order valence-electron chi connectivity index (χ4n) is 9.22. The van der Waals surface area contributed by atoms with Crippen molar-refractivity contribution in [2.45, 2.75) is 65.2 Å². The molecule has 52 heavy (non-hydrogen) atoms. The van der Waals surface area contributed by atoms with Gasteiger partial charge in [-0.15, -0.1) is 0 Å². The van der Waals surface area contributed by atoms with E-state index < -0.39 is 0 Å². The number of aryl methyl sites for hydroxylation is 2. The number of hydrogen-bond donors (Lipinski definition) is 0. The molecule has 0 fully saturated rings. The lowest BCUT2D eigenvalue weighted by Crippen LogP contribution is -2.19. The van der Waals surface area contributed by atoms with Crippen LogP contribution in [0.3, 0.4) is 0 Å². The maximum atomic E-state index is 2.55. The largest absolute Gasteiger partial charge is 0.311 e. The Labute approximate surface area is 309 Å². The first-order chi connectivity index (χ1) is 25.1. The molecule has 0 bridgehead atoms. The minimum atomic E-state index is -0.163. The van der Waals surface area contributed by atoms with Crippen LogP contribution in [0.5, 0.6) is 0 Å². The highest BCUT2D eigenvalue weighted by Crippen LogP contribution is 2.58. The van der Waals surface area contributed by atoms with Crippen LogP contribution in [-0.4, -0.2) is 0 Å². The molecule has 0 heterocycles. The third-order valence-electron chi connectivity index (χ3n) is 11.8. The number of benzene rings is 6. The van der Waals surface area contributed by atoms with Gasteiger partial charge in [-0.2, -0.15) is 0 Å². The zero-order valence-electron chi connectivity index (χ0n) is 31.2. The number of allylic oxidation sites excluding steroid dienone is 3. The third-order valence-corrected chi connectivity index (χ3v) is 11.8. The second-order valence-electron chi connectivity index (χ2n) is 15.9. The lowest BCUT2D eigenvalue weighted by atomic mass is 9.79. The summed E-state index contributed by atoms with van der Waals surface area (Å²) in [6.07, 6.45) is 9.14. The van der Waals surface area contributed by atoms with E-state index in [9.17, 15) is 0 Å². The number of para-hydroxylation sites is 3. The van der Waals surface area contributed by atoms with Crippen molar-refractivity contribution in [1.29, 1.82) is 0 Å². The molecule has 9 rings (SSSR count). The molecule has 256 valence electrons. The number of hydrogen-bond acceptors (Lipinski definition) is 2. The van der Waals surface area contributed by atoms with Gasteiger partial charge in [-0.05, 0) is 161 Å². The van der Waals surface area contributed by atoms with Gasteiger partial charge in [-0.3, -0.25) is 0 Å². The van der Waals surface area contributed by atoms with E-state index >= 15 is 0 Å². The fourth-order valence-corrected chi connectivity index (χ4v) is 9.22. The van der Waals surface area contributed by atoms with Gasteiger partial charge in [0.15, 0.2) is 0 Å². The van der Waals surface area contributed by atoms with Crippen molar-refractivity contribution < 1.29 is 0 Å². The fraction of sp³-hybridized carbons (Fsp3) is 0.200. The Morgan fingerprint density at radius 1 is 0.442 bits per heavy atom. The summed E-state index contributed by atoms with van der Waals surface area (Å²) in [6.45, 7) is 14.3. The van der Waals surface area contributed by atoms with E-state index in [1.807, 2.05) is 0 Å². The first-order valence-corrected chi connectivity index (χ1v) is 18.8. The lowest BCUT2D eigenvalue weighted by Gasteiger charge is -2.30. The summed E-state index contributed by atoms with van der Waals surface area (Å²) < 4.78 is 0. The average Bonchev–Trinajstić information content (AvgIpc) is 3.52. The maximum absolute atomic E-state index is 2.55. The van der Waals surface area contributed by atoms with E-state index in [2.05, 4.69) is 197 Å². The Morgan fingerprint density at radius 2 is 0.865 bits per heavy atom. The lowest BCUT2D eigenvalue weighted by molar-refractivity contribution is 0.652. The summed E-state index contributed by atoms with van der Waals surface area (Å²) in [6, 6.07) is 47.2. The van der Waals surface area contributed by atoms with Gasteiger partial charge in [-0.25, -0.2) is 0 Å². The molecule has 0 N–H and O–H groups in total. The van der Waals surface area contributed by atoms with Crippen LogP contribution in [-0.2, 0) is 10.8 Å². The second-order valence-corrected chi connectivity index (χ2v) is 15.9. The van der Waals surface area contributed by atoms with E-state index in [1.165, 1.54) is 78.4 Å². The maximum Gasteiger partial charge on any atom is 0.0467 e. The molecule has 2 nitrogen and oxygen atoms in total. The molecule has 3 aliphatic rings. The number of rotatable bonds is 6. The van der Waals surface area contributed by atoms with Crippen LogP contribution in [0.25, 0.3) is 22.3 Å². The van der Waals surface area contributed by atoms with Crippen molar-refractivity contribution in [1.82, 2.24) is 0 Å². The summed E-state index contributed by atoms with van der Waals surface area (Å²) in [5.74, 6) is 0. The Kier molecular flexibility index (Phi) is 7.45. The summed E-state index contributed by atoms with van der Waals surface area (Å²) in [5, 5.41) is 0. The Morgan fingerprint density at radius 3 is 1.29 bits per heavy atom. The van der Waals surface area contributed by atoms with Crippen LogP contribution in [0.2, 0.25) is 0 Å². The van der Waals surface area contributed by atoms with Crippen LogP contribution in [0.4, 0.5) is 28.4 Å². The third kappa shape index (κ3) is 4.92. The van der Waals surface area contributed by atoms with Crippen molar-refractivity contribution in [2.75, 3.05) is 9.80 Å². The van der Waals surface area contributed by atoms with Gasteiger partial charge in [0.2, 0.25) is 0 Å². The first-order valence-electron chi connectivity index (χ1n) is 18.8. The summed E-state index contributed by atoms with van der Waals surface area (Å²) in [7, 11) is 0. The predicted octanol–water partition coefficient (Wildman–Crippen LogP) is 13.8. The van der Waals surface area contributed by atoms with Crippen molar-refractivity contribution in [3.8, 4) is 22.3 Å². The van der Waals surface area contributed by atoms with Gasteiger partial charge in [0.05, 0.1) is 0 Å². The normalized spacial score (nSPS) is 15.7. The minimum absolute atomic E-state index is 0.155. The molecular formula is C50H46N2. The Balaban J connectivity index is 1.18. The zero-order chi connectivity index (χ0) is 35.8. The van der Waals surface area contributed by atoms with Crippen LogP contribution >= 0.6 is 0 Å². The first kappa shape index (κ1) is 32.3. The summed E-state index contributed by atoms with van der Waals surface area (Å²) in [4.78, 5) is 4.83. The summed E-state index contributed by atoms with van der Waals surface area (Å²) >= 11 is 0. The van der Waals surface area contributed by atoms with Gasteiger partial charge < -0.3 is 9.80 Å². The molecule has 0 saturated heterocycles. The molecule has 0 spiro atoms. The van der Waals surface area contributed by atoms with E-state index in [0.717, 1.165) is 24.2 Å². The monoisotopic (exact) mass is 674 g/mol. The predicted molar refractivity (Wildman–Crippen MR) is 221 cm³/mol. The van der Waals surface area contributed by atoms with Gasteiger partial charge in [0.25, 0.3) is 0 Å². The molecule has 0 unspecified atom stereocenters. The molecule has 0 amide bonds. The van der Waals surface area contributed by atoms with Gasteiger partial charge in [-0.1, -0.05) is 94.4 Å². The smallest absolute Gasteiger partial charge is 0.0467 e. The van der Waals surface area contributed by atoms with E-state index in [-0.39, 0.29) is 10.8 Å². The highest BCUT2D eigenvalue weighted by atomic mass is 15.1. The van der Waals surface area contributed by atoms with E-state index in [4.69, 9.17) is 0 Å². The highest BCUT2D eigenvalue weighted by molar-refractivity contribution is 5.94. The van der Waals surface area contributed by atoms with Gasteiger partial charge >= 0.3 is 0 Å². The molecule has 0 atom stereocenters. The van der Waals surface area contributed by atoms with E-state index in [1.54, 1.807) is 0 Å². The Hall–Kier alpha value is -5.60. The van der Waals surface area contributed by atoms with Gasteiger partial charge in [0.1, 0.15) is 0 Å². The second kappa shape index (κ2) is 12.0. The molecule has 0 aromatic heterocycles. The molecule has 6 aromatic carbocycles. The quantitative estimate of drug-likeness (QED) is 0.173. The molecule has 6 aromatic rings. The number of nitrogens with zero attached hydrogens (tertiary/aromatic N) is 2. The number of fused-ring (bicyclic) bond motifs is 6. The standard InChI is InChI=1S/C50H46N2/c1-33-27-39(51(35-19-11-7-12-20-35)36-21-13-8-14-22-36)29-45-47(33)41-31-44-42(32-43(41)49(45,3)4)48-34(2)28-40(30-46(48)50(44,5)6)52(37-23-15-9-16-24-37)38-25-17-10-18-26-38/h7-9,11-17,19-32H,10,18H2,1-6H3. The molecule has 0 saturated carbocycles. The molecule has 0 aliphatic heterocycles. The van der Waals surface area contributed by atoms with Crippen LogP contribution in [0.1, 0.15) is 73.9 Å². The molecule has 2 heteroatoms. The van der Waals surface area contributed by atoms with Crippen LogP contribution < -0.4 is 9.80 Å². The Bertz CT molecular complexity index is 2370. The highest BCUT2D eigenvalue weighted by Gasteiger charge is 2.43. The average molecular weight is 675 g/mol. The molecule has 3 aliphatic carbocycles. The zero-order valence-corrected chi connectivity index (χ0v) is 31.2. The van der Waals surface area contributed by atoms with Crippen molar-refractivity contribution in [3.05, 3.63) is 185 Å². The molecule has 0 radical (unpaired) electrons. The SMILES string of the molecule is Cc1cc(N(C2=CCCC=C2)c2ccccc2)cc2c1-c1cc3c(cc1C2(C)C)-c1c(C)cc(N(c2ccccc2)c2ccccc2)cc1C3(C)C. The van der Waals surface area contributed by atoms with Crippen molar-refractivity contribution in [3.63, 3.8) is 0 Å². The van der Waals surface area contributed by atoms with Crippen LogP contribution in [0.15, 0.2) is 151 Å². The van der Waals surface area contributed by atoms with Crippen molar-refractivity contribution >= 4 is 28.4 Å². The summed E-state index contributed by atoms with van der Waals surface area (Å²) in [5.41, 5.74) is 20.7. The topological polar surface area (TPSA) is 6.48 Å². The van der Waals surface area contributed by atoms with Crippen LogP contribution in [0, 0.1) is 13.8 Å². The minimum Gasteiger partial charge on any atom is -0.311 e. The van der Waals surface area contributed by atoms with Gasteiger partial charge in [0, 0.05) is 45.0 Å².